The van der Waals surface area contributed by atoms with Crippen molar-refractivity contribution in [3.05, 3.63) is 18.2 Å². The van der Waals surface area contributed by atoms with Crippen LogP contribution in [-0.2, 0) is 6.54 Å². The van der Waals surface area contributed by atoms with Gasteiger partial charge in [0, 0.05) is 24.3 Å². The molecule has 17 heavy (non-hydrogen) atoms. The van der Waals surface area contributed by atoms with Crippen molar-refractivity contribution in [2.24, 2.45) is 0 Å². The summed E-state index contributed by atoms with van der Waals surface area (Å²) >= 11 is 0. The van der Waals surface area contributed by atoms with E-state index < -0.39 is 0 Å². The average molecular weight is 235 g/mol. The van der Waals surface area contributed by atoms with Gasteiger partial charge >= 0.3 is 0 Å². The highest BCUT2D eigenvalue weighted by Crippen LogP contribution is 2.28. The van der Waals surface area contributed by atoms with Crippen LogP contribution in [0.1, 0.15) is 45.7 Å². The maximum Gasteiger partial charge on any atom is 0.0949 e. The Hall–Kier alpha value is -0.830. The highest BCUT2D eigenvalue weighted by atomic mass is 15.2. The van der Waals surface area contributed by atoms with Crippen LogP contribution < -0.4 is 0 Å². The maximum atomic E-state index is 4.28. The van der Waals surface area contributed by atoms with Gasteiger partial charge in [0.05, 0.1) is 12.0 Å². The number of nitrogens with zero attached hydrogens (tertiary/aromatic N) is 3. The minimum atomic E-state index is 0.312. The summed E-state index contributed by atoms with van der Waals surface area (Å²) < 4.78 is 2.22. The minimum absolute atomic E-state index is 0.312. The van der Waals surface area contributed by atoms with E-state index in [1.807, 2.05) is 13.3 Å². The summed E-state index contributed by atoms with van der Waals surface area (Å²) in [6, 6.07) is 0.748. The molecule has 1 aliphatic rings. The zero-order valence-corrected chi connectivity index (χ0v) is 11.6. The molecule has 1 fully saturated rings. The van der Waals surface area contributed by atoms with Crippen molar-refractivity contribution < 1.29 is 0 Å². The van der Waals surface area contributed by atoms with Crippen molar-refractivity contribution in [3.63, 3.8) is 0 Å². The van der Waals surface area contributed by atoms with E-state index in [9.17, 15) is 0 Å². The molecular weight excluding hydrogens is 210 g/mol. The summed E-state index contributed by atoms with van der Waals surface area (Å²) in [5, 5.41) is 0. The van der Waals surface area contributed by atoms with Gasteiger partial charge in [-0.25, -0.2) is 4.98 Å². The average Bonchev–Trinajstić information content (AvgIpc) is 2.81. The molecule has 96 valence electrons. The van der Waals surface area contributed by atoms with Gasteiger partial charge < -0.3 is 4.57 Å². The van der Waals surface area contributed by atoms with E-state index >= 15 is 0 Å². The van der Waals surface area contributed by atoms with Gasteiger partial charge in [0.15, 0.2) is 0 Å². The van der Waals surface area contributed by atoms with E-state index in [2.05, 4.69) is 41.4 Å². The van der Waals surface area contributed by atoms with Crippen LogP contribution in [0.25, 0.3) is 0 Å². The standard InChI is InChI=1S/C14H25N3/c1-12-10-16(11-15-12)9-7-13-6-5-8-17(13)14(2,3)4/h10-11,13H,5-9H2,1-4H3/t13-/m0/s1. The molecule has 2 heterocycles. The summed E-state index contributed by atoms with van der Waals surface area (Å²) in [6.45, 7) is 11.4. The van der Waals surface area contributed by atoms with Crippen molar-refractivity contribution in [3.8, 4) is 0 Å². The molecule has 0 aliphatic carbocycles. The second-order valence-corrected chi connectivity index (χ2v) is 6.20. The molecule has 0 N–H and O–H groups in total. The van der Waals surface area contributed by atoms with Gasteiger partial charge in [-0.1, -0.05) is 0 Å². The predicted octanol–water partition coefficient (Wildman–Crippen LogP) is 2.84. The van der Waals surface area contributed by atoms with E-state index in [1.54, 1.807) is 0 Å². The monoisotopic (exact) mass is 235 g/mol. The first kappa shape index (κ1) is 12.6. The van der Waals surface area contributed by atoms with Gasteiger partial charge in [0.25, 0.3) is 0 Å². The van der Waals surface area contributed by atoms with Gasteiger partial charge in [-0.05, 0) is 53.5 Å². The van der Waals surface area contributed by atoms with Crippen molar-refractivity contribution in [2.45, 2.75) is 65.1 Å². The highest BCUT2D eigenvalue weighted by molar-refractivity contribution is 4.93. The molecule has 1 atom stereocenters. The number of rotatable bonds is 3. The van der Waals surface area contributed by atoms with Crippen LogP contribution in [0.2, 0.25) is 0 Å². The molecule has 0 aromatic carbocycles. The zero-order valence-electron chi connectivity index (χ0n) is 11.6. The number of hydrogen-bond acceptors (Lipinski definition) is 2. The molecule has 3 heteroatoms. The lowest BCUT2D eigenvalue weighted by Crippen LogP contribution is -2.44. The van der Waals surface area contributed by atoms with Gasteiger partial charge in [0.2, 0.25) is 0 Å². The first-order chi connectivity index (χ1) is 7.97. The Morgan fingerprint density at radius 1 is 1.41 bits per heavy atom. The molecule has 2 rings (SSSR count). The zero-order chi connectivity index (χ0) is 12.5. The number of aryl methyl sites for hydroxylation is 2. The quantitative estimate of drug-likeness (QED) is 0.803. The van der Waals surface area contributed by atoms with E-state index in [0.29, 0.717) is 5.54 Å². The van der Waals surface area contributed by atoms with E-state index in [1.165, 1.54) is 25.8 Å². The molecule has 1 aromatic heterocycles. The van der Waals surface area contributed by atoms with Crippen LogP contribution in [-0.4, -0.2) is 32.6 Å². The van der Waals surface area contributed by atoms with E-state index in [-0.39, 0.29) is 0 Å². The first-order valence-corrected chi connectivity index (χ1v) is 6.72. The van der Waals surface area contributed by atoms with Gasteiger partial charge in [-0.3, -0.25) is 4.90 Å². The third-order valence-electron chi connectivity index (χ3n) is 3.72. The topological polar surface area (TPSA) is 21.1 Å². The Kier molecular flexibility index (Phi) is 3.57. The summed E-state index contributed by atoms with van der Waals surface area (Å²) in [4.78, 5) is 6.94. The van der Waals surface area contributed by atoms with Crippen LogP contribution in [0.15, 0.2) is 12.5 Å². The molecule has 1 saturated heterocycles. The van der Waals surface area contributed by atoms with Crippen molar-refractivity contribution in [1.29, 1.82) is 0 Å². The second kappa shape index (κ2) is 4.81. The molecular formula is C14H25N3. The lowest BCUT2D eigenvalue weighted by Gasteiger charge is -2.37. The smallest absolute Gasteiger partial charge is 0.0949 e. The van der Waals surface area contributed by atoms with Crippen LogP contribution in [0.3, 0.4) is 0 Å². The number of hydrogen-bond donors (Lipinski definition) is 0. The molecule has 1 aromatic rings. The molecule has 0 spiro atoms. The van der Waals surface area contributed by atoms with Crippen LogP contribution in [0, 0.1) is 6.92 Å². The Bertz CT molecular complexity index is 362. The molecule has 0 saturated carbocycles. The lowest BCUT2D eigenvalue weighted by molar-refractivity contribution is 0.113. The lowest BCUT2D eigenvalue weighted by atomic mass is 10.0. The summed E-state index contributed by atoms with van der Waals surface area (Å²) in [7, 11) is 0. The third-order valence-corrected chi connectivity index (χ3v) is 3.72. The molecule has 1 aliphatic heterocycles. The third kappa shape index (κ3) is 3.09. The van der Waals surface area contributed by atoms with E-state index in [4.69, 9.17) is 0 Å². The Morgan fingerprint density at radius 3 is 2.76 bits per heavy atom. The second-order valence-electron chi connectivity index (χ2n) is 6.20. The normalized spacial score (nSPS) is 22.2. The van der Waals surface area contributed by atoms with Crippen LogP contribution >= 0.6 is 0 Å². The highest BCUT2D eigenvalue weighted by Gasteiger charge is 2.32. The molecule has 0 bridgehead atoms. The predicted molar refractivity (Wildman–Crippen MR) is 71.1 cm³/mol. The molecule has 0 amide bonds. The number of aromatic nitrogens is 2. The van der Waals surface area contributed by atoms with Crippen molar-refractivity contribution >= 4 is 0 Å². The molecule has 0 radical (unpaired) electrons. The van der Waals surface area contributed by atoms with Gasteiger partial charge in [-0.2, -0.15) is 0 Å². The molecule has 3 nitrogen and oxygen atoms in total. The van der Waals surface area contributed by atoms with Crippen LogP contribution in [0.5, 0.6) is 0 Å². The van der Waals surface area contributed by atoms with Gasteiger partial charge in [0.1, 0.15) is 0 Å². The number of imidazole rings is 1. The maximum absolute atomic E-state index is 4.28. The fraction of sp³-hybridized carbons (Fsp3) is 0.786. The SMILES string of the molecule is Cc1cn(CC[C@@H]2CCCN2C(C)(C)C)cn1. The van der Waals surface area contributed by atoms with Crippen LogP contribution in [0.4, 0.5) is 0 Å². The fourth-order valence-electron chi connectivity index (χ4n) is 2.91. The Balaban J connectivity index is 1.90. The van der Waals surface area contributed by atoms with Crippen molar-refractivity contribution in [1.82, 2.24) is 14.5 Å². The summed E-state index contributed by atoms with van der Waals surface area (Å²) in [5.74, 6) is 0. The minimum Gasteiger partial charge on any atom is -0.337 e. The van der Waals surface area contributed by atoms with Crippen molar-refractivity contribution in [2.75, 3.05) is 6.54 Å². The number of likely N-dealkylation sites (tertiary alicyclic amines) is 1. The first-order valence-electron chi connectivity index (χ1n) is 6.72. The van der Waals surface area contributed by atoms with E-state index in [0.717, 1.165) is 18.3 Å². The Morgan fingerprint density at radius 2 is 2.18 bits per heavy atom. The Labute approximate surface area is 105 Å². The van der Waals surface area contributed by atoms with Gasteiger partial charge in [-0.15, -0.1) is 0 Å². The largest absolute Gasteiger partial charge is 0.337 e. The molecule has 0 unspecified atom stereocenters. The summed E-state index contributed by atoms with van der Waals surface area (Å²) in [5.41, 5.74) is 1.43. The summed E-state index contributed by atoms with van der Waals surface area (Å²) in [6.07, 6.45) is 8.03. The fourth-order valence-corrected chi connectivity index (χ4v) is 2.91.